The zero-order valence-electron chi connectivity index (χ0n) is 7.20. The second kappa shape index (κ2) is 4.24. The monoisotopic (exact) mass is 166 g/mol. The van der Waals surface area contributed by atoms with Gasteiger partial charge in [0.2, 0.25) is 0 Å². The molecule has 0 radical (unpaired) electrons. The summed E-state index contributed by atoms with van der Waals surface area (Å²) < 4.78 is 0. The third-order valence-corrected chi connectivity index (χ3v) is 1.93. The van der Waals surface area contributed by atoms with Crippen LogP contribution in [0.1, 0.15) is 11.1 Å². The van der Waals surface area contributed by atoms with Crippen LogP contribution in [0.25, 0.3) is 0 Å². The minimum atomic E-state index is -0.633. The largest absolute Gasteiger partial charge is 0.394 e. The van der Waals surface area contributed by atoms with Crippen LogP contribution in [0.3, 0.4) is 0 Å². The molecule has 0 aliphatic rings. The third kappa shape index (κ3) is 2.32. The van der Waals surface area contributed by atoms with Gasteiger partial charge in [0.15, 0.2) is 0 Å². The lowest BCUT2D eigenvalue weighted by molar-refractivity contribution is 0.0954. The SMILES string of the molecule is Cc1ccccc1CC(O)CO. The Bertz CT molecular complexity index is 245. The number of hydrogen-bond acceptors (Lipinski definition) is 2. The molecule has 0 aliphatic heterocycles. The van der Waals surface area contributed by atoms with Gasteiger partial charge in [-0.2, -0.15) is 0 Å². The average Bonchev–Trinajstić information content (AvgIpc) is 2.09. The highest BCUT2D eigenvalue weighted by Crippen LogP contribution is 2.09. The van der Waals surface area contributed by atoms with E-state index in [9.17, 15) is 5.11 Å². The Morgan fingerprint density at radius 1 is 1.33 bits per heavy atom. The molecule has 2 N–H and O–H groups in total. The summed E-state index contributed by atoms with van der Waals surface area (Å²) >= 11 is 0. The molecule has 0 aromatic heterocycles. The molecule has 0 saturated carbocycles. The van der Waals surface area contributed by atoms with E-state index in [1.807, 2.05) is 31.2 Å². The molecule has 1 aromatic rings. The van der Waals surface area contributed by atoms with E-state index in [4.69, 9.17) is 5.11 Å². The summed E-state index contributed by atoms with van der Waals surface area (Å²) in [6, 6.07) is 7.87. The molecule has 0 spiro atoms. The standard InChI is InChI=1S/C10H14O2/c1-8-4-2-3-5-9(8)6-10(12)7-11/h2-5,10-12H,6-7H2,1H3. The van der Waals surface area contributed by atoms with Crippen LogP contribution in [0.2, 0.25) is 0 Å². The fourth-order valence-corrected chi connectivity index (χ4v) is 1.16. The Balaban J connectivity index is 2.69. The van der Waals surface area contributed by atoms with E-state index in [-0.39, 0.29) is 6.61 Å². The molecule has 2 heteroatoms. The molecule has 0 amide bonds. The Hall–Kier alpha value is -0.860. The van der Waals surface area contributed by atoms with Crippen LogP contribution in [0.4, 0.5) is 0 Å². The predicted molar refractivity (Wildman–Crippen MR) is 48.0 cm³/mol. The maximum Gasteiger partial charge on any atom is 0.0811 e. The molecular formula is C10H14O2. The van der Waals surface area contributed by atoms with Gasteiger partial charge < -0.3 is 10.2 Å². The molecule has 1 rings (SSSR count). The van der Waals surface area contributed by atoms with Crippen LogP contribution >= 0.6 is 0 Å². The van der Waals surface area contributed by atoms with E-state index in [1.165, 1.54) is 0 Å². The third-order valence-electron chi connectivity index (χ3n) is 1.93. The van der Waals surface area contributed by atoms with Crippen LogP contribution in [-0.4, -0.2) is 22.9 Å². The second-order valence-electron chi connectivity index (χ2n) is 2.97. The van der Waals surface area contributed by atoms with Crippen molar-refractivity contribution < 1.29 is 10.2 Å². The number of rotatable bonds is 3. The van der Waals surface area contributed by atoms with E-state index < -0.39 is 6.10 Å². The smallest absolute Gasteiger partial charge is 0.0811 e. The molecule has 1 unspecified atom stereocenters. The van der Waals surface area contributed by atoms with Crippen LogP contribution < -0.4 is 0 Å². The first-order chi connectivity index (χ1) is 5.74. The van der Waals surface area contributed by atoms with Gasteiger partial charge in [-0.1, -0.05) is 24.3 Å². The Labute approximate surface area is 72.5 Å². The molecule has 0 fully saturated rings. The van der Waals surface area contributed by atoms with Crippen molar-refractivity contribution in [2.75, 3.05) is 6.61 Å². The van der Waals surface area contributed by atoms with Crippen LogP contribution in [0.15, 0.2) is 24.3 Å². The van der Waals surface area contributed by atoms with Crippen molar-refractivity contribution in [1.29, 1.82) is 0 Å². The highest BCUT2D eigenvalue weighted by molar-refractivity contribution is 5.25. The number of aliphatic hydroxyl groups excluding tert-OH is 2. The van der Waals surface area contributed by atoms with Gasteiger partial charge in [0.1, 0.15) is 0 Å². The lowest BCUT2D eigenvalue weighted by atomic mass is 10.0. The molecule has 1 atom stereocenters. The number of aryl methyl sites for hydroxylation is 1. The summed E-state index contributed by atoms with van der Waals surface area (Å²) in [6.07, 6.45) is -0.102. The highest BCUT2D eigenvalue weighted by atomic mass is 16.3. The fraction of sp³-hybridized carbons (Fsp3) is 0.400. The van der Waals surface area contributed by atoms with E-state index in [0.29, 0.717) is 6.42 Å². The first-order valence-electron chi connectivity index (χ1n) is 4.07. The molecular weight excluding hydrogens is 152 g/mol. The van der Waals surface area contributed by atoms with Crippen molar-refractivity contribution >= 4 is 0 Å². The summed E-state index contributed by atoms with van der Waals surface area (Å²) in [5.41, 5.74) is 2.25. The van der Waals surface area contributed by atoms with E-state index in [1.54, 1.807) is 0 Å². The van der Waals surface area contributed by atoms with E-state index >= 15 is 0 Å². The van der Waals surface area contributed by atoms with Gasteiger partial charge in [0, 0.05) is 6.42 Å². The molecule has 0 aliphatic carbocycles. The molecule has 0 bridgehead atoms. The zero-order valence-corrected chi connectivity index (χ0v) is 7.20. The Morgan fingerprint density at radius 3 is 2.58 bits per heavy atom. The predicted octanol–water partition coefficient (Wildman–Crippen LogP) is 0.891. The summed E-state index contributed by atoms with van der Waals surface area (Å²) in [6.45, 7) is 1.83. The molecule has 66 valence electrons. The maximum atomic E-state index is 9.19. The molecule has 12 heavy (non-hydrogen) atoms. The molecule has 0 saturated heterocycles. The summed E-state index contributed by atoms with van der Waals surface area (Å²) in [4.78, 5) is 0. The molecule has 0 heterocycles. The van der Waals surface area contributed by atoms with Crippen LogP contribution in [-0.2, 0) is 6.42 Å². The topological polar surface area (TPSA) is 40.5 Å². The first-order valence-corrected chi connectivity index (χ1v) is 4.07. The Morgan fingerprint density at radius 2 is 2.00 bits per heavy atom. The van der Waals surface area contributed by atoms with Crippen molar-refractivity contribution in [2.45, 2.75) is 19.4 Å². The first kappa shape index (κ1) is 9.23. The summed E-state index contributed by atoms with van der Waals surface area (Å²) in [7, 11) is 0. The van der Waals surface area contributed by atoms with Gasteiger partial charge in [-0.05, 0) is 18.1 Å². The van der Waals surface area contributed by atoms with Gasteiger partial charge in [-0.3, -0.25) is 0 Å². The summed E-state index contributed by atoms with van der Waals surface area (Å²) in [5, 5.41) is 17.8. The minimum Gasteiger partial charge on any atom is -0.394 e. The van der Waals surface area contributed by atoms with E-state index in [2.05, 4.69) is 0 Å². The average molecular weight is 166 g/mol. The number of hydrogen-bond donors (Lipinski definition) is 2. The van der Waals surface area contributed by atoms with Crippen molar-refractivity contribution in [1.82, 2.24) is 0 Å². The normalized spacial score (nSPS) is 12.9. The van der Waals surface area contributed by atoms with Gasteiger partial charge in [-0.25, -0.2) is 0 Å². The minimum absolute atomic E-state index is 0.172. The fourth-order valence-electron chi connectivity index (χ4n) is 1.16. The second-order valence-corrected chi connectivity index (χ2v) is 2.97. The van der Waals surface area contributed by atoms with Crippen LogP contribution in [0, 0.1) is 6.92 Å². The van der Waals surface area contributed by atoms with Gasteiger partial charge in [-0.15, -0.1) is 0 Å². The van der Waals surface area contributed by atoms with E-state index in [0.717, 1.165) is 11.1 Å². The quantitative estimate of drug-likeness (QED) is 0.700. The number of benzene rings is 1. The summed E-state index contributed by atoms with van der Waals surface area (Å²) in [5.74, 6) is 0. The van der Waals surface area contributed by atoms with Crippen molar-refractivity contribution in [2.24, 2.45) is 0 Å². The number of aliphatic hydroxyl groups is 2. The van der Waals surface area contributed by atoms with Crippen molar-refractivity contribution in [3.63, 3.8) is 0 Å². The van der Waals surface area contributed by atoms with Crippen molar-refractivity contribution in [3.8, 4) is 0 Å². The maximum absolute atomic E-state index is 9.19. The lowest BCUT2D eigenvalue weighted by Crippen LogP contribution is -2.15. The van der Waals surface area contributed by atoms with Crippen molar-refractivity contribution in [3.05, 3.63) is 35.4 Å². The van der Waals surface area contributed by atoms with Crippen LogP contribution in [0.5, 0.6) is 0 Å². The van der Waals surface area contributed by atoms with Gasteiger partial charge >= 0.3 is 0 Å². The lowest BCUT2D eigenvalue weighted by Gasteiger charge is -2.08. The zero-order chi connectivity index (χ0) is 8.97. The Kier molecular flexibility index (Phi) is 3.26. The molecule has 2 nitrogen and oxygen atoms in total. The molecule has 1 aromatic carbocycles. The van der Waals surface area contributed by atoms with Gasteiger partial charge in [0.25, 0.3) is 0 Å². The van der Waals surface area contributed by atoms with Gasteiger partial charge in [0.05, 0.1) is 12.7 Å². The highest BCUT2D eigenvalue weighted by Gasteiger charge is 2.04.